The Morgan fingerprint density at radius 3 is 2.79 bits per heavy atom. The van der Waals surface area contributed by atoms with E-state index in [0.717, 1.165) is 12.5 Å². The second-order valence-electron chi connectivity index (χ2n) is 4.77. The minimum absolute atomic E-state index is 0.0301. The van der Waals surface area contributed by atoms with Crippen molar-refractivity contribution in [2.75, 3.05) is 6.54 Å². The maximum absolute atomic E-state index is 11.3. The first-order chi connectivity index (χ1) is 6.58. The zero-order chi connectivity index (χ0) is 10.6. The van der Waals surface area contributed by atoms with Gasteiger partial charge in [-0.1, -0.05) is 13.3 Å². The number of nitrogens with two attached hydrogens (primary N) is 1. The molecule has 1 amide bonds. The molecular weight excluding hydrogens is 176 g/mol. The van der Waals surface area contributed by atoms with Gasteiger partial charge in [-0.05, 0) is 31.6 Å². The van der Waals surface area contributed by atoms with Gasteiger partial charge in [0.05, 0.1) is 0 Å². The molecule has 1 saturated carbocycles. The van der Waals surface area contributed by atoms with E-state index in [-0.39, 0.29) is 11.9 Å². The average molecular weight is 198 g/mol. The summed E-state index contributed by atoms with van der Waals surface area (Å²) in [5.74, 6) is 1.63. The van der Waals surface area contributed by atoms with Gasteiger partial charge < -0.3 is 11.1 Å². The fourth-order valence-electron chi connectivity index (χ4n) is 2.13. The first kappa shape index (κ1) is 11.5. The molecule has 1 aliphatic rings. The fraction of sp³-hybridized carbons (Fsp3) is 0.909. The van der Waals surface area contributed by atoms with E-state index in [1.807, 2.05) is 6.92 Å². The predicted molar refractivity (Wildman–Crippen MR) is 57.8 cm³/mol. The van der Waals surface area contributed by atoms with Gasteiger partial charge in [0.2, 0.25) is 5.91 Å². The maximum Gasteiger partial charge on any atom is 0.221 e. The van der Waals surface area contributed by atoms with Crippen LogP contribution in [0.1, 0.15) is 39.5 Å². The van der Waals surface area contributed by atoms with Crippen LogP contribution in [-0.2, 0) is 4.79 Å². The summed E-state index contributed by atoms with van der Waals surface area (Å²) in [7, 11) is 0. The molecule has 1 fully saturated rings. The Balaban J connectivity index is 2.11. The lowest BCUT2D eigenvalue weighted by molar-refractivity contribution is -0.121. The molecule has 14 heavy (non-hydrogen) atoms. The van der Waals surface area contributed by atoms with Gasteiger partial charge in [-0.2, -0.15) is 0 Å². The summed E-state index contributed by atoms with van der Waals surface area (Å²) in [5.41, 5.74) is 5.54. The maximum atomic E-state index is 11.3. The van der Waals surface area contributed by atoms with Crippen LogP contribution in [0.15, 0.2) is 0 Å². The van der Waals surface area contributed by atoms with Crippen molar-refractivity contribution in [1.29, 1.82) is 0 Å². The molecule has 0 spiro atoms. The molecule has 0 aromatic carbocycles. The Kier molecular flexibility index (Phi) is 4.39. The van der Waals surface area contributed by atoms with E-state index in [1.165, 1.54) is 19.3 Å². The Morgan fingerprint density at radius 1 is 1.57 bits per heavy atom. The molecule has 0 bridgehead atoms. The Labute approximate surface area is 86.4 Å². The molecule has 0 radical (unpaired) electrons. The number of nitrogens with one attached hydrogen (secondary N) is 1. The summed E-state index contributed by atoms with van der Waals surface area (Å²) in [5, 5.41) is 2.96. The highest BCUT2D eigenvalue weighted by Gasteiger charge is 2.21. The van der Waals surface area contributed by atoms with Crippen LogP contribution < -0.4 is 11.1 Å². The Morgan fingerprint density at radius 2 is 2.29 bits per heavy atom. The lowest BCUT2D eigenvalue weighted by Crippen LogP contribution is -2.32. The lowest BCUT2D eigenvalue weighted by atomic mass is 10.1. The molecule has 82 valence electrons. The molecule has 3 atom stereocenters. The Hall–Kier alpha value is -0.570. The molecule has 3 N–H and O–H groups in total. The quantitative estimate of drug-likeness (QED) is 0.715. The van der Waals surface area contributed by atoms with Crippen LogP contribution >= 0.6 is 0 Å². The third-order valence-corrected chi connectivity index (χ3v) is 2.90. The molecule has 3 heteroatoms. The number of carbonyl (C=O) groups is 1. The third-order valence-electron chi connectivity index (χ3n) is 2.90. The van der Waals surface area contributed by atoms with Crippen molar-refractivity contribution in [1.82, 2.24) is 5.32 Å². The topological polar surface area (TPSA) is 55.1 Å². The van der Waals surface area contributed by atoms with E-state index in [9.17, 15) is 4.79 Å². The van der Waals surface area contributed by atoms with E-state index in [0.29, 0.717) is 12.3 Å². The normalized spacial score (nSPS) is 28.8. The van der Waals surface area contributed by atoms with E-state index in [2.05, 4.69) is 12.2 Å². The van der Waals surface area contributed by atoms with E-state index in [1.54, 1.807) is 0 Å². The standard InChI is InChI=1S/C11H22N2O/c1-8-3-4-10(5-8)7-13-11(14)6-9(2)12/h8-10H,3-7,12H2,1-2H3,(H,13,14). The van der Waals surface area contributed by atoms with Crippen LogP contribution in [0.3, 0.4) is 0 Å². The number of amides is 1. The minimum atomic E-state index is -0.0301. The van der Waals surface area contributed by atoms with Gasteiger partial charge in [-0.25, -0.2) is 0 Å². The van der Waals surface area contributed by atoms with Crippen LogP contribution in [-0.4, -0.2) is 18.5 Å². The third kappa shape index (κ3) is 4.09. The number of carbonyl (C=O) groups excluding carboxylic acids is 1. The SMILES string of the molecule is CC(N)CC(=O)NCC1CCC(C)C1. The summed E-state index contributed by atoms with van der Waals surface area (Å²) in [6.45, 7) is 4.98. The molecule has 0 aliphatic heterocycles. The van der Waals surface area contributed by atoms with Gasteiger partial charge in [-0.3, -0.25) is 4.79 Å². The van der Waals surface area contributed by atoms with E-state index < -0.39 is 0 Å². The highest BCUT2D eigenvalue weighted by molar-refractivity contribution is 5.76. The molecule has 3 nitrogen and oxygen atoms in total. The van der Waals surface area contributed by atoms with Crippen molar-refractivity contribution in [3.63, 3.8) is 0 Å². The number of hydrogen-bond acceptors (Lipinski definition) is 2. The van der Waals surface area contributed by atoms with Crippen molar-refractivity contribution in [2.24, 2.45) is 17.6 Å². The highest BCUT2D eigenvalue weighted by atomic mass is 16.1. The zero-order valence-electron chi connectivity index (χ0n) is 9.25. The molecule has 0 aromatic rings. The van der Waals surface area contributed by atoms with Crippen molar-refractivity contribution in [3.05, 3.63) is 0 Å². The van der Waals surface area contributed by atoms with Crippen molar-refractivity contribution in [3.8, 4) is 0 Å². The molecule has 1 aliphatic carbocycles. The van der Waals surface area contributed by atoms with Crippen molar-refractivity contribution >= 4 is 5.91 Å². The van der Waals surface area contributed by atoms with E-state index in [4.69, 9.17) is 5.73 Å². The van der Waals surface area contributed by atoms with Crippen molar-refractivity contribution in [2.45, 2.75) is 45.6 Å². The minimum Gasteiger partial charge on any atom is -0.356 e. The van der Waals surface area contributed by atoms with Crippen LogP contribution in [0.5, 0.6) is 0 Å². The van der Waals surface area contributed by atoms with Crippen LogP contribution in [0.4, 0.5) is 0 Å². The molecule has 0 heterocycles. The van der Waals surface area contributed by atoms with Gasteiger partial charge in [0.1, 0.15) is 0 Å². The smallest absolute Gasteiger partial charge is 0.221 e. The van der Waals surface area contributed by atoms with E-state index >= 15 is 0 Å². The number of rotatable bonds is 4. The zero-order valence-corrected chi connectivity index (χ0v) is 9.25. The average Bonchev–Trinajstić information content (AvgIpc) is 2.47. The summed E-state index contributed by atoms with van der Waals surface area (Å²) in [6.07, 6.45) is 4.29. The van der Waals surface area contributed by atoms with Crippen molar-refractivity contribution < 1.29 is 4.79 Å². The van der Waals surface area contributed by atoms with Gasteiger partial charge in [0.25, 0.3) is 0 Å². The molecule has 0 aromatic heterocycles. The summed E-state index contributed by atoms with van der Waals surface area (Å²) in [6, 6.07) is -0.0301. The second-order valence-corrected chi connectivity index (χ2v) is 4.77. The monoisotopic (exact) mass is 198 g/mol. The predicted octanol–water partition coefficient (Wildman–Crippen LogP) is 1.28. The van der Waals surface area contributed by atoms with Gasteiger partial charge >= 0.3 is 0 Å². The van der Waals surface area contributed by atoms with Gasteiger partial charge in [0, 0.05) is 19.0 Å². The van der Waals surface area contributed by atoms with Crippen LogP contribution in [0.2, 0.25) is 0 Å². The largest absolute Gasteiger partial charge is 0.356 e. The first-order valence-corrected chi connectivity index (χ1v) is 5.60. The Bertz CT molecular complexity index is 192. The summed E-state index contributed by atoms with van der Waals surface area (Å²) < 4.78 is 0. The van der Waals surface area contributed by atoms with Crippen LogP contribution in [0.25, 0.3) is 0 Å². The number of hydrogen-bond donors (Lipinski definition) is 2. The van der Waals surface area contributed by atoms with Gasteiger partial charge in [0.15, 0.2) is 0 Å². The fourth-order valence-corrected chi connectivity index (χ4v) is 2.13. The van der Waals surface area contributed by atoms with Gasteiger partial charge in [-0.15, -0.1) is 0 Å². The summed E-state index contributed by atoms with van der Waals surface area (Å²) >= 11 is 0. The molecule has 3 unspecified atom stereocenters. The molecule has 1 rings (SSSR count). The molecular formula is C11H22N2O. The summed E-state index contributed by atoms with van der Waals surface area (Å²) in [4.78, 5) is 11.3. The first-order valence-electron chi connectivity index (χ1n) is 5.60. The van der Waals surface area contributed by atoms with Crippen LogP contribution in [0, 0.1) is 11.8 Å². The molecule has 0 saturated heterocycles. The highest BCUT2D eigenvalue weighted by Crippen LogP contribution is 2.29. The lowest BCUT2D eigenvalue weighted by Gasteiger charge is -2.11. The second kappa shape index (κ2) is 5.35.